The largest absolute Gasteiger partial charge is 0.338 e. The first-order valence-electron chi connectivity index (χ1n) is 9.22. The summed E-state index contributed by atoms with van der Waals surface area (Å²) >= 11 is 0. The number of fused-ring (bicyclic) bond motifs is 1. The maximum atomic E-state index is 13.6. The Kier molecular flexibility index (Phi) is 4.60. The molecule has 28 heavy (non-hydrogen) atoms. The third kappa shape index (κ3) is 3.36. The highest BCUT2D eigenvalue weighted by Crippen LogP contribution is 2.41. The highest BCUT2D eigenvalue weighted by molar-refractivity contribution is 5.85. The summed E-state index contributed by atoms with van der Waals surface area (Å²) in [5.41, 5.74) is 2.33. The monoisotopic (exact) mass is 388 g/mol. The van der Waals surface area contributed by atoms with E-state index in [9.17, 15) is 13.6 Å². The number of carbonyl (C=O) groups excluding carboxylic acids is 1. The van der Waals surface area contributed by atoms with Crippen LogP contribution in [-0.2, 0) is 24.9 Å². The fraction of sp³-hybridized carbons (Fsp3) is 0.474. The molecule has 0 aliphatic heterocycles. The number of alkyl halides is 2. The number of carbonyl (C=O) groups is 1. The van der Waals surface area contributed by atoms with Crippen molar-refractivity contribution >= 4 is 16.9 Å². The van der Waals surface area contributed by atoms with Gasteiger partial charge >= 0.3 is 0 Å². The van der Waals surface area contributed by atoms with Gasteiger partial charge in [0.2, 0.25) is 5.91 Å². The van der Waals surface area contributed by atoms with Gasteiger partial charge in [-0.15, -0.1) is 0 Å². The Morgan fingerprint density at radius 1 is 1.39 bits per heavy atom. The molecule has 0 bridgehead atoms. The predicted molar refractivity (Wildman–Crippen MR) is 98.9 cm³/mol. The quantitative estimate of drug-likeness (QED) is 0.651. The number of aryl methyl sites for hydroxylation is 2. The zero-order valence-corrected chi connectivity index (χ0v) is 16.1. The van der Waals surface area contributed by atoms with Crippen LogP contribution >= 0.6 is 0 Å². The van der Waals surface area contributed by atoms with E-state index in [4.69, 9.17) is 0 Å². The Hall–Kier alpha value is -2.84. The van der Waals surface area contributed by atoms with Crippen LogP contribution in [0, 0.1) is 6.92 Å². The number of rotatable bonds is 6. The van der Waals surface area contributed by atoms with Gasteiger partial charge in [0.25, 0.3) is 6.43 Å². The van der Waals surface area contributed by atoms with E-state index in [1.165, 1.54) is 10.7 Å². The van der Waals surface area contributed by atoms with Crippen LogP contribution in [-0.4, -0.2) is 42.4 Å². The molecule has 1 saturated carbocycles. The molecule has 3 aromatic heterocycles. The molecule has 0 unspecified atom stereocenters. The van der Waals surface area contributed by atoms with Crippen LogP contribution in [0.5, 0.6) is 0 Å². The second kappa shape index (κ2) is 6.96. The van der Waals surface area contributed by atoms with Crippen molar-refractivity contribution in [1.29, 1.82) is 0 Å². The summed E-state index contributed by atoms with van der Waals surface area (Å²) in [4.78, 5) is 18.9. The van der Waals surface area contributed by atoms with Crippen molar-refractivity contribution in [3.63, 3.8) is 0 Å². The van der Waals surface area contributed by atoms with Gasteiger partial charge in [0.15, 0.2) is 5.65 Å². The summed E-state index contributed by atoms with van der Waals surface area (Å²) in [5.74, 6) is 0.0524. The molecule has 0 spiro atoms. The minimum atomic E-state index is -2.61. The average Bonchev–Trinajstić information content (AvgIpc) is 3.36. The first-order chi connectivity index (χ1) is 13.3. The van der Waals surface area contributed by atoms with Crippen LogP contribution in [0.1, 0.15) is 47.8 Å². The van der Waals surface area contributed by atoms with E-state index < -0.39 is 6.43 Å². The molecule has 0 radical (unpaired) electrons. The van der Waals surface area contributed by atoms with Crippen molar-refractivity contribution in [2.75, 3.05) is 7.05 Å². The van der Waals surface area contributed by atoms with Gasteiger partial charge in [0.1, 0.15) is 6.54 Å². The first kappa shape index (κ1) is 18.5. The summed E-state index contributed by atoms with van der Waals surface area (Å²) < 4.78 is 30.4. The Morgan fingerprint density at radius 2 is 2.14 bits per heavy atom. The van der Waals surface area contributed by atoms with E-state index in [0.717, 1.165) is 18.5 Å². The molecule has 1 amide bonds. The molecular formula is C19H22F2N6O. The topological polar surface area (TPSA) is 68.8 Å². The van der Waals surface area contributed by atoms with Gasteiger partial charge in [-0.3, -0.25) is 9.48 Å². The van der Waals surface area contributed by atoms with Crippen molar-refractivity contribution in [2.24, 2.45) is 7.05 Å². The number of likely N-dealkylation sites (N-methyl/N-ethyl adjacent to an activating group) is 1. The van der Waals surface area contributed by atoms with E-state index >= 15 is 0 Å². The zero-order valence-electron chi connectivity index (χ0n) is 16.1. The molecule has 0 saturated heterocycles. The zero-order chi connectivity index (χ0) is 20.0. The van der Waals surface area contributed by atoms with Crippen molar-refractivity contribution in [3.05, 3.63) is 41.0 Å². The molecular weight excluding hydrogens is 366 g/mol. The number of halogens is 2. The highest BCUT2D eigenvalue weighted by Gasteiger charge is 2.29. The molecule has 4 rings (SSSR count). The molecule has 7 nitrogen and oxygen atoms in total. The van der Waals surface area contributed by atoms with Gasteiger partial charge in [-0.05, 0) is 31.9 Å². The van der Waals surface area contributed by atoms with Crippen LogP contribution in [0.2, 0.25) is 0 Å². The lowest BCUT2D eigenvalue weighted by Gasteiger charge is -2.17. The SMILES string of the molecule is Cc1nn(CC(=O)N(C)Cc2ccnn2C)c2nc(C3CC3)cc(C(F)F)c12. The molecule has 1 aliphatic rings. The van der Waals surface area contributed by atoms with Crippen molar-refractivity contribution < 1.29 is 13.6 Å². The number of hydrogen-bond donors (Lipinski definition) is 0. The minimum Gasteiger partial charge on any atom is -0.338 e. The summed E-state index contributed by atoms with van der Waals surface area (Å²) in [6, 6.07) is 3.34. The van der Waals surface area contributed by atoms with E-state index in [2.05, 4.69) is 15.2 Å². The standard InChI is InChI=1S/C19H22F2N6O/c1-11-17-14(18(20)21)8-15(12-4-5-12)23-19(17)27(24-11)10-16(28)25(2)9-13-6-7-22-26(13)3/h6-8,12,18H,4-5,9-10H2,1-3H3. The summed E-state index contributed by atoms with van der Waals surface area (Å²) in [6.07, 6.45) is 0.983. The lowest BCUT2D eigenvalue weighted by Crippen LogP contribution is -2.31. The Balaban J connectivity index is 1.65. The summed E-state index contributed by atoms with van der Waals surface area (Å²) in [5, 5.41) is 8.79. The van der Waals surface area contributed by atoms with Crippen LogP contribution in [0.4, 0.5) is 8.78 Å². The van der Waals surface area contributed by atoms with Gasteiger partial charge in [0.05, 0.1) is 23.3 Å². The number of amides is 1. The van der Waals surface area contributed by atoms with Gasteiger partial charge in [-0.2, -0.15) is 10.2 Å². The van der Waals surface area contributed by atoms with Gasteiger partial charge in [-0.25, -0.2) is 18.4 Å². The van der Waals surface area contributed by atoms with Crippen LogP contribution in [0.3, 0.4) is 0 Å². The molecule has 3 aromatic rings. The second-order valence-corrected chi connectivity index (χ2v) is 7.35. The molecule has 1 fully saturated rings. The normalized spacial score (nSPS) is 14.2. The predicted octanol–water partition coefficient (Wildman–Crippen LogP) is 2.95. The third-order valence-corrected chi connectivity index (χ3v) is 5.19. The fourth-order valence-electron chi connectivity index (χ4n) is 3.41. The number of aromatic nitrogens is 5. The Morgan fingerprint density at radius 3 is 2.75 bits per heavy atom. The molecule has 9 heteroatoms. The maximum Gasteiger partial charge on any atom is 0.264 e. The van der Waals surface area contributed by atoms with E-state index in [1.807, 2.05) is 13.1 Å². The third-order valence-electron chi connectivity index (χ3n) is 5.19. The molecule has 0 aromatic carbocycles. The summed E-state index contributed by atoms with van der Waals surface area (Å²) in [7, 11) is 3.51. The van der Waals surface area contributed by atoms with Crippen molar-refractivity contribution in [3.8, 4) is 0 Å². The van der Waals surface area contributed by atoms with Crippen LogP contribution in [0.15, 0.2) is 18.3 Å². The number of pyridine rings is 1. The number of nitrogens with zero attached hydrogens (tertiary/aromatic N) is 6. The minimum absolute atomic E-state index is 0.0497. The average molecular weight is 388 g/mol. The smallest absolute Gasteiger partial charge is 0.264 e. The molecule has 1 aliphatic carbocycles. The fourth-order valence-corrected chi connectivity index (χ4v) is 3.41. The van der Waals surface area contributed by atoms with E-state index in [0.29, 0.717) is 29.0 Å². The van der Waals surface area contributed by atoms with Crippen molar-refractivity contribution in [2.45, 2.75) is 45.2 Å². The second-order valence-electron chi connectivity index (χ2n) is 7.35. The molecule has 148 valence electrons. The Labute approximate surface area is 161 Å². The lowest BCUT2D eigenvalue weighted by molar-refractivity contribution is -0.131. The van der Waals surface area contributed by atoms with Gasteiger partial charge < -0.3 is 4.90 Å². The summed E-state index contributed by atoms with van der Waals surface area (Å²) in [6.45, 7) is 2.02. The van der Waals surface area contributed by atoms with E-state index in [-0.39, 0.29) is 23.9 Å². The van der Waals surface area contributed by atoms with Gasteiger partial charge in [0, 0.05) is 37.5 Å². The van der Waals surface area contributed by atoms with Crippen LogP contribution in [0.25, 0.3) is 11.0 Å². The molecule has 0 N–H and O–H groups in total. The molecule has 3 heterocycles. The Bertz CT molecular complexity index is 1040. The highest BCUT2D eigenvalue weighted by atomic mass is 19.3. The van der Waals surface area contributed by atoms with Gasteiger partial charge in [-0.1, -0.05) is 0 Å². The maximum absolute atomic E-state index is 13.6. The lowest BCUT2D eigenvalue weighted by atomic mass is 10.1. The van der Waals surface area contributed by atoms with Crippen molar-refractivity contribution in [1.82, 2.24) is 29.4 Å². The van der Waals surface area contributed by atoms with E-state index in [1.54, 1.807) is 29.7 Å². The molecule has 0 atom stereocenters. The van der Waals surface area contributed by atoms with Crippen LogP contribution < -0.4 is 0 Å². The first-order valence-corrected chi connectivity index (χ1v) is 9.22. The number of hydrogen-bond acceptors (Lipinski definition) is 4.